The molecule has 1 saturated heterocycles. The van der Waals surface area contributed by atoms with E-state index in [0.717, 1.165) is 35.7 Å². The first-order valence-electron chi connectivity index (χ1n) is 15.3. The summed E-state index contributed by atoms with van der Waals surface area (Å²) in [4.78, 5) is 21.5. The van der Waals surface area contributed by atoms with Crippen molar-refractivity contribution in [2.24, 2.45) is 0 Å². The molecule has 2 heterocycles. The van der Waals surface area contributed by atoms with E-state index < -0.39 is 0 Å². The van der Waals surface area contributed by atoms with Crippen LogP contribution >= 0.6 is 0 Å². The summed E-state index contributed by atoms with van der Waals surface area (Å²) in [6.07, 6.45) is 3.47. The number of fused-ring (bicyclic) bond motifs is 3. The SMILES string of the molecule is N#Cc1ccc(Cn2cncc2CNc2ccc(N3CCN(C(=O)OCC4c5ccccc5-c5ccccc54)CC3)cc2)cc1. The molecule has 0 radical (unpaired) electrons. The van der Waals surface area contributed by atoms with E-state index in [1.807, 2.05) is 41.7 Å². The molecule has 1 aromatic heterocycles. The van der Waals surface area contributed by atoms with Crippen molar-refractivity contribution in [2.45, 2.75) is 19.0 Å². The number of hydrogen-bond donors (Lipinski definition) is 1. The average Bonchev–Trinajstić information content (AvgIpc) is 3.68. The van der Waals surface area contributed by atoms with Gasteiger partial charge in [-0.1, -0.05) is 60.7 Å². The summed E-state index contributed by atoms with van der Waals surface area (Å²) < 4.78 is 8.00. The highest BCUT2D eigenvalue weighted by Crippen LogP contribution is 2.44. The molecule has 2 aliphatic rings. The predicted molar refractivity (Wildman–Crippen MR) is 175 cm³/mol. The summed E-state index contributed by atoms with van der Waals surface area (Å²) in [6, 6.07) is 35.0. The Morgan fingerprint density at radius 1 is 0.867 bits per heavy atom. The summed E-state index contributed by atoms with van der Waals surface area (Å²) in [5, 5.41) is 12.5. The van der Waals surface area contributed by atoms with Crippen molar-refractivity contribution >= 4 is 17.5 Å². The topological polar surface area (TPSA) is 86.4 Å². The Hall–Kier alpha value is -5.55. The first-order chi connectivity index (χ1) is 22.2. The molecule has 224 valence electrons. The Kier molecular flexibility index (Phi) is 7.90. The Morgan fingerprint density at radius 2 is 1.53 bits per heavy atom. The number of rotatable bonds is 8. The number of nitriles is 1. The molecular formula is C37H34N6O2. The normalized spacial score (nSPS) is 14.0. The zero-order chi connectivity index (χ0) is 30.6. The first-order valence-corrected chi connectivity index (χ1v) is 15.3. The smallest absolute Gasteiger partial charge is 0.409 e. The van der Waals surface area contributed by atoms with Crippen LogP contribution in [0.2, 0.25) is 0 Å². The average molecular weight is 595 g/mol. The number of aromatic nitrogens is 2. The number of carbonyl (C=O) groups excluding carboxylic acids is 1. The van der Waals surface area contributed by atoms with Crippen molar-refractivity contribution in [2.75, 3.05) is 43.0 Å². The van der Waals surface area contributed by atoms with Gasteiger partial charge in [-0.15, -0.1) is 0 Å². The lowest BCUT2D eigenvalue weighted by Crippen LogP contribution is -2.49. The second-order valence-corrected chi connectivity index (χ2v) is 11.5. The quantitative estimate of drug-likeness (QED) is 0.221. The number of carbonyl (C=O) groups is 1. The van der Waals surface area contributed by atoms with Crippen LogP contribution in [0.1, 0.15) is 33.9 Å². The van der Waals surface area contributed by atoms with E-state index >= 15 is 0 Å². The van der Waals surface area contributed by atoms with E-state index in [2.05, 4.69) is 98.6 Å². The lowest BCUT2D eigenvalue weighted by atomic mass is 9.98. The highest BCUT2D eigenvalue weighted by atomic mass is 16.6. The van der Waals surface area contributed by atoms with Crippen LogP contribution in [-0.4, -0.2) is 53.3 Å². The number of nitrogens with one attached hydrogen (secondary N) is 1. The molecule has 8 nitrogen and oxygen atoms in total. The molecule has 0 bridgehead atoms. The molecule has 0 saturated carbocycles. The highest BCUT2D eigenvalue weighted by molar-refractivity contribution is 5.79. The fourth-order valence-corrected chi connectivity index (χ4v) is 6.33. The van der Waals surface area contributed by atoms with Crippen LogP contribution in [0, 0.1) is 11.3 Å². The molecule has 1 N–H and O–H groups in total. The first kappa shape index (κ1) is 28.2. The maximum atomic E-state index is 13.0. The zero-order valence-corrected chi connectivity index (χ0v) is 25.0. The van der Waals surface area contributed by atoms with Gasteiger partial charge in [-0.05, 0) is 64.2 Å². The minimum atomic E-state index is -0.241. The van der Waals surface area contributed by atoms with Crippen molar-refractivity contribution in [3.05, 3.63) is 138 Å². The lowest BCUT2D eigenvalue weighted by molar-refractivity contribution is 0.0977. The van der Waals surface area contributed by atoms with Gasteiger partial charge in [-0.3, -0.25) is 0 Å². The molecule has 1 fully saturated rings. The van der Waals surface area contributed by atoms with Crippen molar-refractivity contribution in [1.82, 2.24) is 14.5 Å². The van der Waals surface area contributed by atoms with Gasteiger partial charge in [0.15, 0.2) is 0 Å². The molecule has 1 amide bonds. The van der Waals surface area contributed by atoms with Crippen molar-refractivity contribution in [1.29, 1.82) is 5.26 Å². The summed E-state index contributed by atoms with van der Waals surface area (Å²) in [7, 11) is 0. The lowest BCUT2D eigenvalue weighted by Gasteiger charge is -2.35. The molecule has 4 aromatic carbocycles. The van der Waals surface area contributed by atoms with E-state index in [1.54, 1.807) is 0 Å². The number of hydrogen-bond acceptors (Lipinski definition) is 6. The van der Waals surface area contributed by atoms with Gasteiger partial charge >= 0.3 is 6.09 Å². The van der Waals surface area contributed by atoms with Crippen LogP contribution in [0.15, 0.2) is 110 Å². The number of benzene rings is 4. The van der Waals surface area contributed by atoms with Crippen molar-refractivity contribution < 1.29 is 9.53 Å². The molecule has 7 rings (SSSR count). The van der Waals surface area contributed by atoms with Crippen LogP contribution in [-0.2, 0) is 17.8 Å². The van der Waals surface area contributed by atoms with Gasteiger partial charge in [-0.2, -0.15) is 5.26 Å². The second kappa shape index (κ2) is 12.6. The highest BCUT2D eigenvalue weighted by Gasteiger charge is 2.30. The number of piperazine rings is 1. The van der Waals surface area contributed by atoms with Gasteiger partial charge in [0.05, 0.1) is 30.2 Å². The third-order valence-electron chi connectivity index (χ3n) is 8.81. The maximum absolute atomic E-state index is 13.0. The molecule has 45 heavy (non-hydrogen) atoms. The Balaban J connectivity index is 0.891. The van der Waals surface area contributed by atoms with Gasteiger partial charge in [0.2, 0.25) is 0 Å². The Morgan fingerprint density at radius 3 is 2.20 bits per heavy atom. The van der Waals surface area contributed by atoms with Gasteiger partial charge in [0.1, 0.15) is 6.61 Å². The number of nitrogens with zero attached hydrogens (tertiary/aromatic N) is 5. The second-order valence-electron chi connectivity index (χ2n) is 11.5. The number of ether oxygens (including phenoxy) is 1. The van der Waals surface area contributed by atoms with Gasteiger partial charge in [0.25, 0.3) is 0 Å². The van der Waals surface area contributed by atoms with Gasteiger partial charge in [-0.25, -0.2) is 9.78 Å². The van der Waals surface area contributed by atoms with E-state index in [1.165, 1.54) is 22.3 Å². The van der Waals surface area contributed by atoms with E-state index in [-0.39, 0.29) is 12.0 Å². The van der Waals surface area contributed by atoms with Gasteiger partial charge < -0.3 is 24.4 Å². The summed E-state index contributed by atoms with van der Waals surface area (Å²) >= 11 is 0. The van der Waals surface area contributed by atoms with E-state index in [0.29, 0.717) is 38.3 Å². The Labute approximate surface area is 263 Å². The predicted octanol–water partition coefficient (Wildman–Crippen LogP) is 6.49. The maximum Gasteiger partial charge on any atom is 0.409 e. The molecule has 0 atom stereocenters. The molecule has 0 spiro atoms. The van der Waals surface area contributed by atoms with Crippen LogP contribution in [0.5, 0.6) is 0 Å². The number of anilines is 2. The minimum Gasteiger partial charge on any atom is -0.448 e. The molecule has 8 heteroatoms. The van der Waals surface area contributed by atoms with Crippen LogP contribution in [0.4, 0.5) is 16.2 Å². The van der Waals surface area contributed by atoms with Gasteiger partial charge in [0, 0.05) is 56.2 Å². The summed E-state index contributed by atoms with van der Waals surface area (Å²) in [5.41, 5.74) is 9.94. The molecular weight excluding hydrogens is 560 g/mol. The van der Waals surface area contributed by atoms with E-state index in [9.17, 15) is 4.79 Å². The summed E-state index contributed by atoms with van der Waals surface area (Å²) in [5.74, 6) is 0.0675. The minimum absolute atomic E-state index is 0.0675. The monoisotopic (exact) mass is 594 g/mol. The third kappa shape index (κ3) is 5.98. The van der Waals surface area contributed by atoms with Crippen molar-refractivity contribution in [3.63, 3.8) is 0 Å². The third-order valence-corrected chi connectivity index (χ3v) is 8.81. The standard InChI is InChI=1S/C37H34N6O2/c38-21-27-9-11-28(12-10-27)24-43-26-39-22-31(43)23-40-29-13-15-30(16-14-29)41-17-19-42(20-18-41)37(44)45-25-36-34-7-3-1-5-32(34)33-6-2-4-8-35(33)36/h1-16,22,26,36,40H,17-20,23-25H2. The fourth-order valence-electron chi connectivity index (χ4n) is 6.33. The van der Waals surface area contributed by atoms with E-state index in [4.69, 9.17) is 10.00 Å². The van der Waals surface area contributed by atoms with Crippen molar-refractivity contribution in [3.8, 4) is 17.2 Å². The summed E-state index contributed by atoms with van der Waals surface area (Å²) in [6.45, 7) is 4.45. The number of amides is 1. The van der Waals surface area contributed by atoms with Crippen LogP contribution < -0.4 is 10.2 Å². The number of imidazole rings is 1. The molecule has 5 aromatic rings. The fraction of sp³-hybridized carbons (Fsp3) is 0.216. The Bertz CT molecular complexity index is 1790. The van der Waals surface area contributed by atoms with Crippen LogP contribution in [0.25, 0.3) is 11.1 Å². The zero-order valence-electron chi connectivity index (χ0n) is 25.0. The molecule has 0 unspecified atom stereocenters. The van der Waals surface area contributed by atoms with Crippen LogP contribution in [0.3, 0.4) is 0 Å². The molecule has 1 aliphatic heterocycles. The molecule has 1 aliphatic carbocycles. The largest absolute Gasteiger partial charge is 0.448 e.